The Kier molecular flexibility index (Phi) is 4.33. The van der Waals surface area contributed by atoms with E-state index in [1.807, 2.05) is 31.3 Å². The van der Waals surface area contributed by atoms with Gasteiger partial charge < -0.3 is 10.1 Å². The summed E-state index contributed by atoms with van der Waals surface area (Å²) in [6.07, 6.45) is 0. The summed E-state index contributed by atoms with van der Waals surface area (Å²) < 4.78 is 20.1. The van der Waals surface area contributed by atoms with Gasteiger partial charge in [0.25, 0.3) is 0 Å². The van der Waals surface area contributed by atoms with Crippen molar-refractivity contribution in [2.45, 2.75) is 6.54 Å². The topological polar surface area (TPSA) is 21.3 Å². The Bertz CT molecular complexity index is 545. The van der Waals surface area contributed by atoms with Gasteiger partial charge in [0.2, 0.25) is 0 Å². The molecule has 0 radical (unpaired) electrons. The quantitative estimate of drug-likeness (QED) is 0.918. The molecule has 0 atom stereocenters. The monoisotopic (exact) mass is 309 g/mol. The molecule has 2 nitrogen and oxygen atoms in total. The van der Waals surface area contributed by atoms with Crippen molar-refractivity contribution < 1.29 is 9.13 Å². The molecule has 2 rings (SSSR count). The molecule has 0 aromatic heterocycles. The molecule has 1 N–H and O–H groups in total. The maximum atomic E-state index is 13.8. The molecule has 0 bridgehead atoms. The fraction of sp³-hybridized carbons (Fsp3) is 0.143. The number of nitrogens with one attached hydrogen (secondary N) is 1. The van der Waals surface area contributed by atoms with Crippen LogP contribution < -0.4 is 10.1 Å². The van der Waals surface area contributed by atoms with Crippen molar-refractivity contribution in [3.8, 4) is 11.5 Å². The highest BCUT2D eigenvalue weighted by Gasteiger charge is 2.07. The molecule has 4 heteroatoms. The van der Waals surface area contributed by atoms with Gasteiger partial charge in [0, 0.05) is 6.54 Å². The first-order valence-electron chi connectivity index (χ1n) is 5.56. The van der Waals surface area contributed by atoms with Crippen molar-refractivity contribution in [3.05, 3.63) is 58.3 Å². The van der Waals surface area contributed by atoms with Crippen molar-refractivity contribution in [1.29, 1.82) is 0 Å². The van der Waals surface area contributed by atoms with Gasteiger partial charge in [-0.15, -0.1) is 0 Å². The summed E-state index contributed by atoms with van der Waals surface area (Å²) in [4.78, 5) is 0. The lowest BCUT2D eigenvalue weighted by Crippen LogP contribution is -2.05. The van der Waals surface area contributed by atoms with Crippen LogP contribution in [0.15, 0.2) is 46.9 Å². The SMILES string of the molecule is CNCc1ccc(Oc2ccccc2Br)c(F)c1. The van der Waals surface area contributed by atoms with Gasteiger partial charge in [0.1, 0.15) is 5.75 Å². The van der Waals surface area contributed by atoms with Gasteiger partial charge in [-0.05, 0) is 52.8 Å². The Hall–Kier alpha value is -1.39. The lowest BCUT2D eigenvalue weighted by molar-refractivity contribution is 0.439. The second kappa shape index (κ2) is 5.98. The second-order valence-corrected chi connectivity index (χ2v) is 4.68. The second-order valence-electron chi connectivity index (χ2n) is 3.83. The summed E-state index contributed by atoms with van der Waals surface area (Å²) in [6, 6.07) is 12.3. The van der Waals surface area contributed by atoms with Crippen LogP contribution in [-0.4, -0.2) is 7.05 Å². The molecule has 0 saturated carbocycles. The zero-order valence-electron chi connectivity index (χ0n) is 9.91. The minimum absolute atomic E-state index is 0.224. The number of hydrogen-bond acceptors (Lipinski definition) is 2. The molecule has 0 aliphatic heterocycles. The number of rotatable bonds is 4. The standard InChI is InChI=1S/C14H13BrFNO/c1-17-9-10-6-7-14(12(16)8-10)18-13-5-3-2-4-11(13)15/h2-8,17H,9H2,1H3. The molecular formula is C14H13BrFNO. The molecule has 0 aliphatic carbocycles. The summed E-state index contributed by atoms with van der Waals surface area (Å²) in [5.74, 6) is 0.457. The zero-order chi connectivity index (χ0) is 13.0. The number of para-hydroxylation sites is 1. The van der Waals surface area contributed by atoms with Crippen molar-refractivity contribution in [1.82, 2.24) is 5.32 Å². The van der Waals surface area contributed by atoms with Crippen LogP contribution in [0.25, 0.3) is 0 Å². The van der Waals surface area contributed by atoms with E-state index < -0.39 is 0 Å². The predicted molar refractivity (Wildman–Crippen MR) is 73.4 cm³/mol. The van der Waals surface area contributed by atoms with Gasteiger partial charge in [-0.1, -0.05) is 18.2 Å². The van der Waals surface area contributed by atoms with Gasteiger partial charge in [-0.2, -0.15) is 0 Å². The predicted octanol–water partition coefficient (Wildman–Crippen LogP) is 4.10. The van der Waals surface area contributed by atoms with Gasteiger partial charge in [-0.3, -0.25) is 0 Å². The highest BCUT2D eigenvalue weighted by atomic mass is 79.9. The molecule has 0 spiro atoms. The molecule has 0 unspecified atom stereocenters. The van der Waals surface area contributed by atoms with E-state index >= 15 is 0 Å². The molecule has 0 amide bonds. The Morgan fingerprint density at radius 1 is 1.17 bits per heavy atom. The Labute approximate surface area is 114 Å². The Balaban J connectivity index is 2.22. The van der Waals surface area contributed by atoms with E-state index in [4.69, 9.17) is 4.74 Å². The lowest BCUT2D eigenvalue weighted by atomic mass is 10.2. The minimum atomic E-state index is -0.362. The van der Waals surface area contributed by atoms with E-state index in [1.54, 1.807) is 12.1 Å². The third kappa shape index (κ3) is 3.09. The first kappa shape index (κ1) is 13.1. The number of ether oxygens (including phenoxy) is 1. The van der Waals surface area contributed by atoms with Crippen LogP contribution in [0.3, 0.4) is 0 Å². The molecule has 0 fully saturated rings. The normalized spacial score (nSPS) is 10.4. The van der Waals surface area contributed by atoms with E-state index in [0.717, 1.165) is 10.0 Å². The Morgan fingerprint density at radius 2 is 1.94 bits per heavy atom. The first-order valence-corrected chi connectivity index (χ1v) is 6.35. The summed E-state index contributed by atoms with van der Waals surface area (Å²) in [5.41, 5.74) is 0.884. The third-order valence-corrected chi connectivity index (χ3v) is 3.09. The van der Waals surface area contributed by atoms with Crippen LogP contribution in [0, 0.1) is 5.82 Å². The summed E-state index contributed by atoms with van der Waals surface area (Å²) in [7, 11) is 1.82. The minimum Gasteiger partial charge on any atom is -0.453 e. The van der Waals surface area contributed by atoms with Crippen LogP contribution in [0.2, 0.25) is 0 Å². The van der Waals surface area contributed by atoms with E-state index in [0.29, 0.717) is 12.3 Å². The smallest absolute Gasteiger partial charge is 0.166 e. The van der Waals surface area contributed by atoms with Crippen molar-refractivity contribution >= 4 is 15.9 Å². The van der Waals surface area contributed by atoms with Crippen LogP contribution in [-0.2, 0) is 6.54 Å². The van der Waals surface area contributed by atoms with E-state index in [2.05, 4.69) is 21.2 Å². The van der Waals surface area contributed by atoms with Crippen molar-refractivity contribution in [3.63, 3.8) is 0 Å². The summed E-state index contributed by atoms with van der Waals surface area (Å²) >= 11 is 3.36. The Morgan fingerprint density at radius 3 is 2.61 bits per heavy atom. The molecule has 0 heterocycles. The van der Waals surface area contributed by atoms with E-state index in [9.17, 15) is 4.39 Å². The molecule has 0 aliphatic rings. The molecule has 94 valence electrons. The molecule has 2 aromatic rings. The highest BCUT2D eigenvalue weighted by Crippen LogP contribution is 2.30. The van der Waals surface area contributed by atoms with Crippen molar-refractivity contribution in [2.75, 3.05) is 7.05 Å². The fourth-order valence-electron chi connectivity index (χ4n) is 1.59. The zero-order valence-corrected chi connectivity index (χ0v) is 11.5. The van der Waals surface area contributed by atoms with Crippen LogP contribution >= 0.6 is 15.9 Å². The molecule has 2 aromatic carbocycles. The largest absolute Gasteiger partial charge is 0.453 e. The van der Waals surface area contributed by atoms with Crippen molar-refractivity contribution in [2.24, 2.45) is 0 Å². The molecule has 18 heavy (non-hydrogen) atoms. The maximum Gasteiger partial charge on any atom is 0.166 e. The molecule has 0 saturated heterocycles. The van der Waals surface area contributed by atoms with Crippen LogP contribution in [0.5, 0.6) is 11.5 Å². The van der Waals surface area contributed by atoms with Gasteiger partial charge >= 0.3 is 0 Å². The summed E-state index contributed by atoms with van der Waals surface area (Å²) in [6.45, 7) is 0.631. The fourth-order valence-corrected chi connectivity index (χ4v) is 1.95. The van der Waals surface area contributed by atoms with E-state index in [-0.39, 0.29) is 11.6 Å². The maximum absolute atomic E-state index is 13.8. The van der Waals surface area contributed by atoms with Crippen LogP contribution in [0.1, 0.15) is 5.56 Å². The molecular weight excluding hydrogens is 297 g/mol. The number of halogens is 2. The van der Waals surface area contributed by atoms with Gasteiger partial charge in [-0.25, -0.2) is 4.39 Å². The lowest BCUT2D eigenvalue weighted by Gasteiger charge is -2.09. The van der Waals surface area contributed by atoms with Gasteiger partial charge in [0.05, 0.1) is 4.47 Å². The first-order chi connectivity index (χ1) is 8.70. The van der Waals surface area contributed by atoms with Crippen LogP contribution in [0.4, 0.5) is 4.39 Å². The highest BCUT2D eigenvalue weighted by molar-refractivity contribution is 9.10. The van der Waals surface area contributed by atoms with Gasteiger partial charge in [0.15, 0.2) is 11.6 Å². The third-order valence-electron chi connectivity index (χ3n) is 2.43. The van der Waals surface area contributed by atoms with E-state index in [1.165, 1.54) is 6.07 Å². The average molecular weight is 310 g/mol. The number of benzene rings is 2. The number of hydrogen-bond donors (Lipinski definition) is 1. The average Bonchev–Trinajstić information content (AvgIpc) is 2.35. The summed E-state index contributed by atoms with van der Waals surface area (Å²) in [5, 5.41) is 2.97.